The zero-order chi connectivity index (χ0) is 39.4. The van der Waals surface area contributed by atoms with E-state index in [2.05, 4.69) is 15.2 Å². The summed E-state index contributed by atoms with van der Waals surface area (Å²) in [6.45, 7) is 6.42. The quantitative estimate of drug-likeness (QED) is 0.149. The minimum atomic E-state index is -0.778. The van der Waals surface area contributed by atoms with Crippen LogP contribution in [-0.4, -0.2) is 64.9 Å². The fourth-order valence-corrected chi connectivity index (χ4v) is 7.02. The van der Waals surface area contributed by atoms with Crippen molar-refractivity contribution in [2.24, 2.45) is 5.92 Å². The summed E-state index contributed by atoms with van der Waals surface area (Å²) in [5.74, 6) is -1.65. The van der Waals surface area contributed by atoms with Gasteiger partial charge < -0.3 is 33.9 Å². The van der Waals surface area contributed by atoms with Crippen LogP contribution in [0.3, 0.4) is 0 Å². The molecule has 11 nitrogen and oxygen atoms in total. The highest BCUT2D eigenvalue weighted by atomic mass is 35.5. The van der Waals surface area contributed by atoms with Crippen LogP contribution < -0.4 is 10.1 Å². The van der Waals surface area contributed by atoms with Crippen LogP contribution in [0.4, 0.5) is 18.4 Å². The molecule has 1 saturated carbocycles. The van der Waals surface area contributed by atoms with Gasteiger partial charge in [-0.05, 0) is 93.0 Å². The molecule has 0 unspecified atom stereocenters. The number of carbonyl (C=O) groups is 3. The Bertz CT molecular complexity index is 2030. The van der Waals surface area contributed by atoms with Crippen molar-refractivity contribution in [3.63, 3.8) is 0 Å². The Morgan fingerprint density at radius 1 is 1.00 bits per heavy atom. The van der Waals surface area contributed by atoms with E-state index < -0.39 is 40.4 Å². The molecule has 3 amide bonds. The first-order valence-corrected chi connectivity index (χ1v) is 18.7. The number of methoxy groups -OCH3 is 1. The highest BCUT2D eigenvalue weighted by Crippen LogP contribution is 2.39. The number of hydrogen-bond donors (Lipinski definition) is 1. The summed E-state index contributed by atoms with van der Waals surface area (Å²) in [5, 5.41) is 6.61. The highest BCUT2D eigenvalue weighted by molar-refractivity contribution is 6.33. The number of nitrogens with zero attached hydrogens (tertiary/aromatic N) is 3. The molecule has 292 valence electrons. The first kappa shape index (κ1) is 39.8. The van der Waals surface area contributed by atoms with Crippen LogP contribution in [0.2, 0.25) is 10.0 Å². The molecule has 3 aromatic carbocycles. The third kappa shape index (κ3) is 9.87. The molecule has 1 saturated heterocycles. The lowest BCUT2D eigenvalue weighted by Crippen LogP contribution is -2.51. The normalized spacial score (nSPS) is 17.1. The molecule has 1 aliphatic heterocycles. The number of alkyl carbamates (subject to hydrolysis) is 1. The number of piperidine rings is 1. The van der Waals surface area contributed by atoms with Crippen molar-refractivity contribution in [1.29, 1.82) is 0 Å². The Hall–Kier alpha value is -4.88. The van der Waals surface area contributed by atoms with E-state index in [4.69, 9.17) is 37.2 Å². The smallest absolute Gasteiger partial charge is 0.410 e. The maximum absolute atomic E-state index is 14.7. The van der Waals surface area contributed by atoms with Gasteiger partial charge in [0.15, 0.2) is 5.76 Å². The van der Waals surface area contributed by atoms with E-state index in [1.807, 2.05) is 23.1 Å². The first-order chi connectivity index (χ1) is 26.2. The lowest BCUT2D eigenvalue weighted by atomic mass is 9.79. The average Bonchev–Trinajstić information content (AvgIpc) is 3.90. The summed E-state index contributed by atoms with van der Waals surface area (Å²) in [6.07, 6.45) is 1.19. The fraction of sp³-hybridized carbons (Fsp3) is 0.400. The number of ether oxygens (including phenoxy) is 3. The molecule has 0 radical (unpaired) electrons. The fourth-order valence-electron chi connectivity index (χ4n) is 6.60. The summed E-state index contributed by atoms with van der Waals surface area (Å²) in [5.41, 5.74) is 1.58. The van der Waals surface area contributed by atoms with Gasteiger partial charge in [0.05, 0.1) is 23.6 Å². The number of rotatable bonds is 11. The predicted octanol–water partition coefficient (Wildman–Crippen LogP) is 8.89. The molecule has 2 heterocycles. The second-order valence-electron chi connectivity index (χ2n) is 14.7. The Balaban J connectivity index is 1.20. The molecule has 55 heavy (non-hydrogen) atoms. The molecule has 1 aromatic heterocycles. The largest absolute Gasteiger partial charge is 0.486 e. The van der Waals surface area contributed by atoms with Crippen molar-refractivity contribution in [3.05, 3.63) is 105 Å². The van der Waals surface area contributed by atoms with Crippen molar-refractivity contribution < 1.29 is 41.9 Å². The molecule has 2 fully saturated rings. The average molecular weight is 800 g/mol. The number of aromatic nitrogens is 1. The summed E-state index contributed by atoms with van der Waals surface area (Å²) < 4.78 is 50.0. The number of hydrogen-bond acceptors (Lipinski definition) is 8. The molecule has 15 heteroatoms. The van der Waals surface area contributed by atoms with Crippen LogP contribution in [-0.2, 0) is 34.0 Å². The van der Waals surface area contributed by atoms with Crippen molar-refractivity contribution in [2.45, 2.75) is 77.3 Å². The van der Waals surface area contributed by atoms with Gasteiger partial charge in [0.2, 0.25) is 5.91 Å². The minimum Gasteiger partial charge on any atom is -0.486 e. The maximum atomic E-state index is 14.7. The molecule has 1 N–H and O–H groups in total. The Kier molecular flexibility index (Phi) is 12.2. The highest BCUT2D eigenvalue weighted by Gasteiger charge is 2.43. The molecule has 1 aliphatic carbocycles. The second-order valence-corrected chi connectivity index (χ2v) is 15.4. The third-order valence-electron chi connectivity index (χ3n) is 9.47. The van der Waals surface area contributed by atoms with Crippen LogP contribution in [0, 0.1) is 17.6 Å². The van der Waals surface area contributed by atoms with Gasteiger partial charge in [0, 0.05) is 43.3 Å². The molecular weight excluding hydrogens is 757 g/mol. The molecule has 2 aliphatic rings. The lowest BCUT2D eigenvalue weighted by molar-refractivity contribution is -0.139. The summed E-state index contributed by atoms with van der Waals surface area (Å²) in [6, 6.07) is 16.1. The van der Waals surface area contributed by atoms with Gasteiger partial charge in [0.25, 0.3) is 0 Å². The molecule has 6 rings (SSSR count). The number of benzene rings is 3. The van der Waals surface area contributed by atoms with Crippen LogP contribution in [0.25, 0.3) is 11.3 Å². The Morgan fingerprint density at radius 3 is 2.42 bits per heavy atom. The summed E-state index contributed by atoms with van der Waals surface area (Å²) >= 11 is 12.6. The van der Waals surface area contributed by atoms with Crippen LogP contribution in [0.15, 0.2) is 65.2 Å². The van der Waals surface area contributed by atoms with Crippen LogP contribution in [0.1, 0.15) is 68.4 Å². The molecule has 2 atom stereocenters. The lowest BCUT2D eigenvalue weighted by Gasteiger charge is -2.40. The van der Waals surface area contributed by atoms with E-state index in [9.17, 15) is 23.2 Å². The SMILES string of the molecule is COC(=O)NCc1ccc(Cl)c(CN(C(=O)[C@H]2CN(C(=O)OC(C)(C)C)CC[C@@H]2c2ccc(OCc3cc(-c4c(F)ccc(F)c4Cl)no3)cc2)C2CC2)c1. The van der Waals surface area contributed by atoms with Crippen molar-refractivity contribution in [1.82, 2.24) is 20.3 Å². The third-order valence-corrected chi connectivity index (χ3v) is 10.2. The molecular formula is C40H42Cl2F2N4O7. The van der Waals surface area contributed by atoms with E-state index in [-0.39, 0.29) is 61.1 Å². The van der Waals surface area contributed by atoms with Gasteiger partial charge in [-0.15, -0.1) is 0 Å². The minimum absolute atomic E-state index is 0.0267. The number of nitrogens with one attached hydrogen (secondary N) is 1. The Labute approximate surface area is 327 Å². The molecule has 0 bridgehead atoms. The Morgan fingerprint density at radius 2 is 1.73 bits per heavy atom. The standard InChI is InChI=1S/C40H42Cl2F2N4O7/c1-40(2,3)54-39(51)47-16-15-29(24-6-10-27(11-7-24)53-22-28-18-34(46-55-28)35-32(43)13-14-33(44)36(35)42)30(21-47)37(49)48(26-8-9-26)20-25-17-23(5-12-31(25)41)19-45-38(50)52-4/h5-7,10-14,17-18,26,29-30H,8-9,15-16,19-22H2,1-4H3,(H,45,50)/t29-,30+/m1/s1. The van der Waals surface area contributed by atoms with Crippen molar-refractivity contribution >= 4 is 41.3 Å². The zero-order valence-electron chi connectivity index (χ0n) is 30.9. The van der Waals surface area contributed by atoms with Crippen molar-refractivity contribution in [2.75, 3.05) is 20.2 Å². The summed E-state index contributed by atoms with van der Waals surface area (Å²) in [4.78, 5) is 43.1. The van der Waals surface area contributed by atoms with Gasteiger partial charge in [0.1, 0.15) is 35.3 Å². The molecule has 0 spiro atoms. The maximum Gasteiger partial charge on any atom is 0.410 e. The topological polar surface area (TPSA) is 123 Å². The zero-order valence-corrected chi connectivity index (χ0v) is 32.4. The number of halogens is 4. The van der Waals surface area contributed by atoms with Gasteiger partial charge >= 0.3 is 12.2 Å². The second kappa shape index (κ2) is 16.9. The first-order valence-electron chi connectivity index (χ1n) is 17.9. The van der Waals surface area contributed by atoms with Gasteiger partial charge in [-0.25, -0.2) is 18.4 Å². The van der Waals surface area contributed by atoms with E-state index in [1.54, 1.807) is 49.9 Å². The van der Waals surface area contributed by atoms with E-state index in [0.29, 0.717) is 23.7 Å². The molecule has 4 aromatic rings. The number of likely N-dealkylation sites (tertiary alicyclic amines) is 1. The number of amides is 3. The van der Waals surface area contributed by atoms with Gasteiger partial charge in [-0.2, -0.15) is 0 Å². The van der Waals surface area contributed by atoms with Crippen molar-refractivity contribution in [3.8, 4) is 17.0 Å². The van der Waals surface area contributed by atoms with Gasteiger partial charge in [-0.1, -0.05) is 52.6 Å². The van der Waals surface area contributed by atoms with Gasteiger partial charge in [-0.3, -0.25) is 4.79 Å². The van der Waals surface area contributed by atoms with E-state index in [0.717, 1.165) is 41.7 Å². The van der Waals surface area contributed by atoms with Crippen LogP contribution >= 0.6 is 23.2 Å². The monoisotopic (exact) mass is 798 g/mol. The summed E-state index contributed by atoms with van der Waals surface area (Å²) in [7, 11) is 1.29. The van der Waals surface area contributed by atoms with E-state index in [1.165, 1.54) is 13.2 Å². The predicted molar refractivity (Wildman–Crippen MR) is 201 cm³/mol. The van der Waals surface area contributed by atoms with Crippen LogP contribution in [0.5, 0.6) is 5.75 Å². The van der Waals surface area contributed by atoms with E-state index >= 15 is 0 Å². The number of carbonyl (C=O) groups excluding carboxylic acids is 3.